The van der Waals surface area contributed by atoms with Crippen LogP contribution in [0.4, 0.5) is 11.5 Å². The maximum Gasteiger partial charge on any atom is 0.334 e. The third-order valence-corrected chi connectivity index (χ3v) is 3.43. The summed E-state index contributed by atoms with van der Waals surface area (Å²) >= 11 is 0. The molecule has 2 rings (SSSR count). The molecule has 0 aliphatic rings. The highest BCUT2D eigenvalue weighted by Gasteiger charge is 2.29. The van der Waals surface area contributed by atoms with Gasteiger partial charge in [0.1, 0.15) is 5.69 Å². The first-order chi connectivity index (χ1) is 9.91. The smallest absolute Gasteiger partial charge is 0.334 e. The molecule has 6 heteroatoms. The van der Waals surface area contributed by atoms with E-state index >= 15 is 0 Å². The maximum absolute atomic E-state index is 11.4. The van der Waals surface area contributed by atoms with Gasteiger partial charge in [0, 0.05) is 13.0 Å². The molecule has 21 heavy (non-hydrogen) atoms. The van der Waals surface area contributed by atoms with Crippen molar-refractivity contribution >= 4 is 11.5 Å². The molecule has 1 N–H and O–H groups in total. The minimum atomic E-state index is -0.359. The molecule has 1 heterocycles. The van der Waals surface area contributed by atoms with Crippen LogP contribution in [-0.2, 0) is 7.05 Å². The van der Waals surface area contributed by atoms with E-state index in [-0.39, 0.29) is 22.6 Å². The minimum absolute atomic E-state index is 0.000758. The lowest BCUT2D eigenvalue weighted by molar-refractivity contribution is -0.384. The van der Waals surface area contributed by atoms with Crippen LogP contribution in [0, 0.1) is 10.1 Å². The Morgan fingerprint density at radius 3 is 2.38 bits per heavy atom. The summed E-state index contributed by atoms with van der Waals surface area (Å²) in [6.45, 7) is 5.78. The number of nitrogens with zero attached hydrogens (tertiary/aromatic N) is 3. The van der Waals surface area contributed by atoms with Crippen molar-refractivity contribution in [2.75, 3.05) is 5.32 Å². The molecule has 0 fully saturated rings. The van der Waals surface area contributed by atoms with Crippen LogP contribution in [0.3, 0.4) is 0 Å². The molecule has 0 saturated heterocycles. The summed E-state index contributed by atoms with van der Waals surface area (Å²) in [6.07, 6.45) is 0. The second-order valence-electron chi connectivity index (χ2n) is 5.39. The normalized spacial score (nSPS) is 12.4. The molecule has 6 nitrogen and oxygen atoms in total. The van der Waals surface area contributed by atoms with Gasteiger partial charge < -0.3 is 5.32 Å². The first kappa shape index (κ1) is 15.0. The third kappa shape index (κ3) is 3.04. The van der Waals surface area contributed by atoms with Crippen molar-refractivity contribution in [3.05, 3.63) is 51.7 Å². The largest absolute Gasteiger partial charge is 0.358 e. The van der Waals surface area contributed by atoms with E-state index in [0.29, 0.717) is 11.5 Å². The summed E-state index contributed by atoms with van der Waals surface area (Å²) in [5.41, 5.74) is 1.64. The molecule has 0 aliphatic carbocycles. The van der Waals surface area contributed by atoms with Crippen LogP contribution in [0.1, 0.15) is 44.0 Å². The number of hydrogen-bond acceptors (Lipinski definition) is 4. The monoisotopic (exact) mass is 288 g/mol. The van der Waals surface area contributed by atoms with E-state index in [2.05, 4.69) is 10.4 Å². The number of nitro groups is 1. The van der Waals surface area contributed by atoms with Gasteiger partial charge in [-0.25, -0.2) is 4.68 Å². The van der Waals surface area contributed by atoms with Gasteiger partial charge in [-0.3, -0.25) is 10.1 Å². The van der Waals surface area contributed by atoms with Gasteiger partial charge in [-0.05, 0) is 12.5 Å². The highest BCUT2D eigenvalue weighted by Crippen LogP contribution is 2.34. The highest BCUT2D eigenvalue weighted by atomic mass is 16.6. The summed E-state index contributed by atoms with van der Waals surface area (Å²) in [5.74, 6) is 0.444. The van der Waals surface area contributed by atoms with Gasteiger partial charge in [0.05, 0.1) is 11.0 Å². The van der Waals surface area contributed by atoms with E-state index in [4.69, 9.17) is 0 Å². The van der Waals surface area contributed by atoms with Gasteiger partial charge in [0.15, 0.2) is 0 Å². The molecule has 1 aromatic carbocycles. The summed E-state index contributed by atoms with van der Waals surface area (Å²) in [7, 11) is 1.72. The number of anilines is 1. The molecule has 2 aromatic rings. The molecule has 0 saturated carbocycles. The second kappa shape index (κ2) is 5.95. The van der Waals surface area contributed by atoms with Gasteiger partial charge in [0.2, 0.25) is 5.82 Å². The Hall–Kier alpha value is -2.37. The zero-order valence-electron chi connectivity index (χ0n) is 12.7. The summed E-state index contributed by atoms with van der Waals surface area (Å²) < 4.78 is 1.55. The lowest BCUT2D eigenvalue weighted by Gasteiger charge is -2.15. The topological polar surface area (TPSA) is 73.0 Å². The Kier molecular flexibility index (Phi) is 4.26. The molecule has 0 spiro atoms. The van der Waals surface area contributed by atoms with Crippen LogP contribution in [0.5, 0.6) is 0 Å². The fraction of sp³-hybridized carbons (Fsp3) is 0.400. The number of hydrogen-bond donors (Lipinski definition) is 1. The van der Waals surface area contributed by atoms with Crippen LogP contribution in [-0.4, -0.2) is 14.7 Å². The Bertz CT molecular complexity index is 635. The van der Waals surface area contributed by atoms with Crippen molar-refractivity contribution in [3.8, 4) is 0 Å². The van der Waals surface area contributed by atoms with Crippen LogP contribution in [0.25, 0.3) is 0 Å². The molecule has 112 valence electrons. The standard InChI is InChI=1S/C15H20N4O2/c1-10(2)13-14(19(20)21)15(18(4)17-13)16-11(3)12-8-6-5-7-9-12/h5-11,16H,1-4H3. The van der Waals surface area contributed by atoms with Gasteiger partial charge in [0.25, 0.3) is 0 Å². The van der Waals surface area contributed by atoms with E-state index in [9.17, 15) is 10.1 Å². The van der Waals surface area contributed by atoms with Gasteiger partial charge >= 0.3 is 5.69 Å². The van der Waals surface area contributed by atoms with E-state index in [1.165, 1.54) is 0 Å². The first-order valence-electron chi connectivity index (χ1n) is 6.94. The number of rotatable bonds is 5. The average molecular weight is 288 g/mol. The van der Waals surface area contributed by atoms with E-state index < -0.39 is 0 Å². The maximum atomic E-state index is 11.4. The predicted molar refractivity (Wildman–Crippen MR) is 82.4 cm³/mol. The van der Waals surface area contributed by atoms with Crippen LogP contribution < -0.4 is 5.32 Å². The predicted octanol–water partition coefficient (Wildman–Crippen LogP) is 3.62. The number of aromatic nitrogens is 2. The van der Waals surface area contributed by atoms with E-state index in [1.54, 1.807) is 11.7 Å². The Balaban J connectivity index is 2.38. The first-order valence-corrected chi connectivity index (χ1v) is 6.94. The number of benzene rings is 1. The molecule has 0 bridgehead atoms. The second-order valence-corrected chi connectivity index (χ2v) is 5.39. The number of aryl methyl sites for hydroxylation is 1. The fourth-order valence-corrected chi connectivity index (χ4v) is 2.29. The van der Waals surface area contributed by atoms with Gasteiger partial charge in [-0.15, -0.1) is 0 Å². The average Bonchev–Trinajstić information content (AvgIpc) is 2.77. The van der Waals surface area contributed by atoms with Crippen molar-refractivity contribution in [3.63, 3.8) is 0 Å². The van der Waals surface area contributed by atoms with Crippen LogP contribution in [0.15, 0.2) is 30.3 Å². The van der Waals surface area contributed by atoms with E-state index in [0.717, 1.165) is 5.56 Å². The zero-order valence-corrected chi connectivity index (χ0v) is 12.7. The van der Waals surface area contributed by atoms with Crippen molar-refractivity contribution in [2.24, 2.45) is 7.05 Å². The molecule has 1 aromatic heterocycles. The minimum Gasteiger partial charge on any atom is -0.358 e. The summed E-state index contributed by atoms with van der Waals surface area (Å²) in [6, 6.07) is 9.78. The van der Waals surface area contributed by atoms with Crippen molar-refractivity contribution in [2.45, 2.75) is 32.7 Å². The van der Waals surface area contributed by atoms with E-state index in [1.807, 2.05) is 51.1 Å². The molecular weight excluding hydrogens is 268 g/mol. The van der Waals surface area contributed by atoms with Crippen LogP contribution in [0.2, 0.25) is 0 Å². The lowest BCUT2D eigenvalue weighted by atomic mass is 10.1. The Morgan fingerprint density at radius 2 is 1.86 bits per heavy atom. The molecule has 1 unspecified atom stereocenters. The molecule has 0 radical (unpaired) electrons. The number of nitrogens with one attached hydrogen (secondary N) is 1. The van der Waals surface area contributed by atoms with Gasteiger partial charge in [-0.1, -0.05) is 44.2 Å². The van der Waals surface area contributed by atoms with Crippen LogP contribution >= 0.6 is 0 Å². The zero-order chi connectivity index (χ0) is 15.6. The van der Waals surface area contributed by atoms with Crippen molar-refractivity contribution in [1.29, 1.82) is 0 Å². The molecule has 1 atom stereocenters. The molecule has 0 amide bonds. The fourth-order valence-electron chi connectivity index (χ4n) is 2.29. The SMILES string of the molecule is CC(C)c1nn(C)c(NC(C)c2ccccc2)c1[N+](=O)[O-]. The highest BCUT2D eigenvalue weighted by molar-refractivity contribution is 5.61. The Labute approximate surface area is 123 Å². The van der Waals surface area contributed by atoms with Crippen molar-refractivity contribution in [1.82, 2.24) is 9.78 Å². The van der Waals surface area contributed by atoms with Crippen molar-refractivity contribution < 1.29 is 4.92 Å². The Morgan fingerprint density at radius 1 is 1.24 bits per heavy atom. The van der Waals surface area contributed by atoms with Gasteiger partial charge in [-0.2, -0.15) is 5.10 Å². The lowest BCUT2D eigenvalue weighted by Crippen LogP contribution is -2.11. The quantitative estimate of drug-likeness (QED) is 0.673. The molecular formula is C15H20N4O2. The molecule has 0 aliphatic heterocycles. The summed E-state index contributed by atoms with van der Waals surface area (Å²) in [4.78, 5) is 11.0. The third-order valence-electron chi connectivity index (χ3n) is 3.43. The summed E-state index contributed by atoms with van der Waals surface area (Å²) in [5, 5.41) is 18.9.